The molecule has 0 bridgehead atoms. The predicted octanol–water partition coefficient (Wildman–Crippen LogP) is 3.63. The molecular weight excluding hydrogens is 276 g/mol. The van der Waals surface area contributed by atoms with Crippen LogP contribution >= 0.6 is 0 Å². The van der Waals surface area contributed by atoms with Crippen LogP contribution in [0.5, 0.6) is 0 Å². The van der Waals surface area contributed by atoms with Gasteiger partial charge in [-0.05, 0) is 39.3 Å². The number of amides is 3. The van der Waals surface area contributed by atoms with Gasteiger partial charge in [0.15, 0.2) is 0 Å². The van der Waals surface area contributed by atoms with Crippen molar-refractivity contribution in [2.24, 2.45) is 0 Å². The summed E-state index contributed by atoms with van der Waals surface area (Å²) < 4.78 is 0. The number of carbonyl (C=O) groups excluding carboxylic acids is 2. The van der Waals surface area contributed by atoms with Crippen molar-refractivity contribution < 1.29 is 9.59 Å². The topological polar surface area (TPSA) is 40.6 Å². The summed E-state index contributed by atoms with van der Waals surface area (Å²) in [6.07, 6.45) is 3.25. The van der Waals surface area contributed by atoms with Crippen molar-refractivity contribution in [2.75, 3.05) is 0 Å². The standard InChI is InChI=1S/C18H22N2O2/c1-6-15(7-2)20-16(21)18(4,5)19(17(20)22)12-14-10-8-13(3)9-11-14/h6-11H,1,12H2,2-5H3/b15-7+. The number of allylic oxidation sites excluding steroid dienone is 2. The van der Waals surface area contributed by atoms with Gasteiger partial charge in [-0.1, -0.05) is 42.5 Å². The Morgan fingerprint density at radius 1 is 1.23 bits per heavy atom. The Kier molecular flexibility index (Phi) is 4.22. The van der Waals surface area contributed by atoms with Crippen LogP contribution in [-0.2, 0) is 11.3 Å². The van der Waals surface area contributed by atoms with E-state index in [4.69, 9.17) is 0 Å². The van der Waals surface area contributed by atoms with Gasteiger partial charge in [0.25, 0.3) is 5.91 Å². The van der Waals surface area contributed by atoms with Gasteiger partial charge in [-0.3, -0.25) is 4.79 Å². The average molecular weight is 298 g/mol. The van der Waals surface area contributed by atoms with Gasteiger partial charge in [0.2, 0.25) is 0 Å². The van der Waals surface area contributed by atoms with Gasteiger partial charge in [0.05, 0.1) is 0 Å². The highest BCUT2D eigenvalue weighted by atomic mass is 16.2. The van der Waals surface area contributed by atoms with E-state index >= 15 is 0 Å². The molecule has 2 rings (SSSR count). The van der Waals surface area contributed by atoms with E-state index in [1.54, 1.807) is 31.7 Å². The molecule has 1 aromatic carbocycles. The molecule has 1 heterocycles. The Morgan fingerprint density at radius 2 is 1.82 bits per heavy atom. The fourth-order valence-electron chi connectivity index (χ4n) is 2.54. The lowest BCUT2D eigenvalue weighted by Gasteiger charge is -2.27. The summed E-state index contributed by atoms with van der Waals surface area (Å²) in [6.45, 7) is 11.4. The Balaban J connectivity index is 2.35. The molecule has 1 fully saturated rings. The SMILES string of the molecule is C=C/C(=C\C)N1C(=O)N(Cc2ccc(C)cc2)C(C)(C)C1=O. The zero-order valence-electron chi connectivity index (χ0n) is 13.6. The molecule has 1 aliphatic heterocycles. The molecule has 22 heavy (non-hydrogen) atoms. The van der Waals surface area contributed by atoms with Crippen molar-refractivity contribution in [1.82, 2.24) is 9.80 Å². The molecule has 4 heteroatoms. The number of imide groups is 1. The van der Waals surface area contributed by atoms with Gasteiger partial charge in [-0.25, -0.2) is 9.69 Å². The minimum Gasteiger partial charge on any atom is -0.305 e. The van der Waals surface area contributed by atoms with Crippen LogP contribution < -0.4 is 0 Å². The maximum absolute atomic E-state index is 12.7. The van der Waals surface area contributed by atoms with Gasteiger partial charge in [0, 0.05) is 12.2 Å². The summed E-state index contributed by atoms with van der Waals surface area (Å²) in [5.74, 6) is -0.224. The number of benzene rings is 1. The van der Waals surface area contributed by atoms with Gasteiger partial charge in [-0.2, -0.15) is 0 Å². The maximum Gasteiger partial charge on any atom is 0.332 e. The second-order valence-corrected chi connectivity index (χ2v) is 5.97. The third kappa shape index (κ3) is 2.56. The van der Waals surface area contributed by atoms with Crippen LogP contribution in [0.25, 0.3) is 0 Å². The van der Waals surface area contributed by atoms with Crippen molar-refractivity contribution in [3.63, 3.8) is 0 Å². The molecule has 0 aliphatic carbocycles. The largest absolute Gasteiger partial charge is 0.332 e. The zero-order chi connectivity index (χ0) is 16.5. The van der Waals surface area contributed by atoms with Crippen LogP contribution in [0.3, 0.4) is 0 Å². The van der Waals surface area contributed by atoms with Gasteiger partial charge >= 0.3 is 6.03 Å². The van der Waals surface area contributed by atoms with Crippen LogP contribution in [0, 0.1) is 6.92 Å². The number of hydrogen-bond donors (Lipinski definition) is 0. The minimum absolute atomic E-state index is 0.224. The summed E-state index contributed by atoms with van der Waals surface area (Å²) in [4.78, 5) is 28.1. The highest BCUT2D eigenvalue weighted by molar-refractivity contribution is 6.08. The predicted molar refractivity (Wildman–Crippen MR) is 87.0 cm³/mol. The van der Waals surface area contributed by atoms with Crippen LogP contribution in [0.2, 0.25) is 0 Å². The molecule has 4 nitrogen and oxygen atoms in total. The van der Waals surface area contributed by atoms with Crippen molar-refractivity contribution in [1.29, 1.82) is 0 Å². The average Bonchev–Trinajstić information content (AvgIpc) is 2.65. The number of hydrogen-bond acceptors (Lipinski definition) is 2. The van der Waals surface area contributed by atoms with Gasteiger partial charge < -0.3 is 4.90 Å². The van der Waals surface area contributed by atoms with E-state index in [0.29, 0.717) is 12.2 Å². The summed E-state index contributed by atoms with van der Waals surface area (Å²) >= 11 is 0. The van der Waals surface area contributed by atoms with Crippen LogP contribution in [0.4, 0.5) is 4.79 Å². The van der Waals surface area contributed by atoms with E-state index in [2.05, 4.69) is 6.58 Å². The lowest BCUT2D eigenvalue weighted by Crippen LogP contribution is -2.43. The van der Waals surface area contributed by atoms with E-state index in [0.717, 1.165) is 11.1 Å². The molecule has 0 N–H and O–H groups in total. The highest BCUT2D eigenvalue weighted by Gasteiger charge is 2.51. The lowest BCUT2D eigenvalue weighted by atomic mass is 10.0. The monoisotopic (exact) mass is 298 g/mol. The fourth-order valence-corrected chi connectivity index (χ4v) is 2.54. The van der Waals surface area contributed by atoms with Crippen LogP contribution in [-0.4, -0.2) is 27.3 Å². The first-order valence-electron chi connectivity index (χ1n) is 7.33. The quantitative estimate of drug-likeness (QED) is 0.629. The van der Waals surface area contributed by atoms with Crippen molar-refractivity contribution >= 4 is 11.9 Å². The Hall–Kier alpha value is -2.36. The van der Waals surface area contributed by atoms with Crippen molar-refractivity contribution in [2.45, 2.75) is 39.8 Å². The van der Waals surface area contributed by atoms with Crippen LogP contribution in [0.15, 0.2) is 48.7 Å². The first-order chi connectivity index (χ1) is 10.3. The Bertz CT molecular complexity index is 642. The summed E-state index contributed by atoms with van der Waals surface area (Å²) in [6, 6.07) is 7.67. The minimum atomic E-state index is -0.876. The van der Waals surface area contributed by atoms with Crippen LogP contribution in [0.1, 0.15) is 31.9 Å². The molecular formula is C18H22N2O2. The number of aryl methyl sites for hydroxylation is 1. The van der Waals surface area contributed by atoms with E-state index in [1.807, 2.05) is 31.2 Å². The molecule has 1 saturated heterocycles. The smallest absolute Gasteiger partial charge is 0.305 e. The van der Waals surface area contributed by atoms with Gasteiger partial charge in [-0.15, -0.1) is 0 Å². The van der Waals surface area contributed by atoms with Crippen molar-refractivity contribution in [3.05, 3.63) is 59.8 Å². The Morgan fingerprint density at radius 3 is 2.32 bits per heavy atom. The molecule has 0 saturated carbocycles. The Labute approximate surface area is 131 Å². The lowest BCUT2D eigenvalue weighted by molar-refractivity contribution is -0.130. The summed E-state index contributed by atoms with van der Waals surface area (Å²) in [5, 5.41) is 0. The van der Waals surface area contributed by atoms with E-state index in [9.17, 15) is 9.59 Å². The fraction of sp³-hybridized carbons (Fsp3) is 0.333. The van der Waals surface area contributed by atoms with Gasteiger partial charge in [0.1, 0.15) is 5.54 Å². The van der Waals surface area contributed by atoms with Crippen molar-refractivity contribution in [3.8, 4) is 0 Å². The van der Waals surface area contributed by atoms with E-state index < -0.39 is 5.54 Å². The second-order valence-electron chi connectivity index (χ2n) is 5.97. The first kappa shape index (κ1) is 16.0. The number of urea groups is 1. The van der Waals surface area contributed by atoms with E-state index in [1.165, 1.54) is 11.0 Å². The summed E-state index contributed by atoms with van der Waals surface area (Å²) in [7, 11) is 0. The normalized spacial score (nSPS) is 18.1. The molecule has 0 unspecified atom stereocenters. The second kappa shape index (κ2) is 5.79. The first-order valence-corrected chi connectivity index (χ1v) is 7.33. The third-order valence-corrected chi connectivity index (χ3v) is 4.05. The van der Waals surface area contributed by atoms with E-state index in [-0.39, 0.29) is 11.9 Å². The molecule has 0 aromatic heterocycles. The molecule has 116 valence electrons. The molecule has 3 amide bonds. The third-order valence-electron chi connectivity index (χ3n) is 4.05. The highest BCUT2D eigenvalue weighted by Crippen LogP contribution is 2.32. The number of rotatable bonds is 4. The number of carbonyl (C=O) groups is 2. The number of nitrogens with zero attached hydrogens (tertiary/aromatic N) is 2. The zero-order valence-corrected chi connectivity index (χ0v) is 13.6. The summed E-state index contributed by atoms with van der Waals surface area (Å²) in [5.41, 5.74) is 1.81. The maximum atomic E-state index is 12.7. The molecule has 1 aromatic rings. The molecule has 0 atom stereocenters. The molecule has 0 radical (unpaired) electrons. The molecule has 1 aliphatic rings. The molecule has 0 spiro atoms.